The van der Waals surface area contributed by atoms with Crippen LogP contribution < -0.4 is 0 Å². The standard InChI is InChI=1S/C18H22N2O4S/c1-23-9-7-14-10-18(24-11-14)12-20(13-18)25(21,22)16-6-2-4-15-5-3-8-19-17(15)16/h2-6,8,14H,7,9-13H2,1H3. The molecule has 7 heteroatoms. The monoisotopic (exact) mass is 362 g/mol. The number of rotatable bonds is 5. The number of fused-ring (bicyclic) bond motifs is 1. The molecule has 0 bridgehead atoms. The van der Waals surface area contributed by atoms with Gasteiger partial charge < -0.3 is 9.47 Å². The van der Waals surface area contributed by atoms with Crippen molar-refractivity contribution < 1.29 is 17.9 Å². The number of methoxy groups -OCH3 is 1. The van der Waals surface area contributed by atoms with Crippen molar-refractivity contribution in [3.8, 4) is 0 Å². The molecule has 1 aromatic carbocycles. The zero-order valence-corrected chi connectivity index (χ0v) is 15.0. The fraction of sp³-hybridized carbons (Fsp3) is 0.500. The average molecular weight is 362 g/mol. The maximum atomic E-state index is 13.0. The highest BCUT2D eigenvalue weighted by Gasteiger charge is 2.53. The van der Waals surface area contributed by atoms with Crippen molar-refractivity contribution in [2.75, 3.05) is 33.4 Å². The van der Waals surface area contributed by atoms with Gasteiger partial charge in [-0.1, -0.05) is 18.2 Å². The van der Waals surface area contributed by atoms with Gasteiger partial charge in [0, 0.05) is 38.4 Å². The van der Waals surface area contributed by atoms with E-state index in [0.29, 0.717) is 37.7 Å². The van der Waals surface area contributed by atoms with Gasteiger partial charge in [-0.05, 0) is 30.9 Å². The molecule has 2 saturated heterocycles. The first-order valence-corrected chi connectivity index (χ1v) is 9.95. The van der Waals surface area contributed by atoms with Crippen molar-refractivity contribution in [2.45, 2.75) is 23.3 Å². The van der Waals surface area contributed by atoms with E-state index in [1.807, 2.05) is 18.2 Å². The lowest BCUT2D eigenvalue weighted by Gasteiger charge is -2.46. The summed E-state index contributed by atoms with van der Waals surface area (Å²) < 4.78 is 38.7. The van der Waals surface area contributed by atoms with Crippen molar-refractivity contribution in [3.05, 3.63) is 36.5 Å². The molecule has 2 aliphatic rings. The number of nitrogens with zero attached hydrogens (tertiary/aromatic N) is 2. The van der Waals surface area contributed by atoms with E-state index in [-0.39, 0.29) is 10.5 Å². The van der Waals surface area contributed by atoms with Crippen LogP contribution in [0, 0.1) is 5.92 Å². The fourth-order valence-corrected chi connectivity index (χ4v) is 5.57. The summed E-state index contributed by atoms with van der Waals surface area (Å²) in [4.78, 5) is 4.54. The lowest BCUT2D eigenvalue weighted by Crippen LogP contribution is -2.63. The topological polar surface area (TPSA) is 68.7 Å². The van der Waals surface area contributed by atoms with E-state index in [1.54, 1.807) is 25.4 Å². The maximum absolute atomic E-state index is 13.0. The third-order valence-corrected chi connectivity index (χ3v) is 6.98. The Hall–Kier alpha value is -1.54. The predicted molar refractivity (Wildman–Crippen MR) is 93.8 cm³/mol. The predicted octanol–water partition coefficient (Wildman–Crippen LogP) is 2.05. The third-order valence-electron chi connectivity index (χ3n) is 5.16. The fourth-order valence-electron chi connectivity index (χ4n) is 3.82. The van der Waals surface area contributed by atoms with E-state index in [0.717, 1.165) is 18.2 Å². The highest BCUT2D eigenvalue weighted by atomic mass is 32.2. The molecule has 0 N–H and O–H groups in total. The molecule has 134 valence electrons. The number of aromatic nitrogens is 1. The molecule has 1 aromatic heterocycles. The minimum atomic E-state index is -3.56. The van der Waals surface area contributed by atoms with E-state index in [9.17, 15) is 8.42 Å². The molecule has 1 unspecified atom stereocenters. The number of pyridine rings is 1. The normalized spacial score (nSPS) is 23.2. The van der Waals surface area contributed by atoms with E-state index in [2.05, 4.69) is 4.98 Å². The van der Waals surface area contributed by atoms with Crippen LogP contribution in [0.5, 0.6) is 0 Å². The van der Waals surface area contributed by atoms with Gasteiger partial charge in [0.1, 0.15) is 4.90 Å². The summed E-state index contributed by atoms with van der Waals surface area (Å²) in [5.41, 5.74) is 0.208. The SMILES string of the molecule is COCCC1COC2(C1)CN(S(=O)(=O)c1cccc3cccnc13)C2. The summed E-state index contributed by atoms with van der Waals surface area (Å²) in [5, 5.41) is 0.829. The first-order chi connectivity index (χ1) is 12.0. The van der Waals surface area contributed by atoms with Crippen LogP contribution in [0.3, 0.4) is 0 Å². The van der Waals surface area contributed by atoms with Crippen LogP contribution in [0.15, 0.2) is 41.4 Å². The summed E-state index contributed by atoms with van der Waals surface area (Å²) >= 11 is 0. The van der Waals surface area contributed by atoms with Crippen molar-refractivity contribution in [1.82, 2.24) is 9.29 Å². The Bertz CT molecular complexity index is 872. The minimum absolute atomic E-state index is 0.273. The van der Waals surface area contributed by atoms with E-state index in [4.69, 9.17) is 9.47 Å². The van der Waals surface area contributed by atoms with E-state index in [1.165, 1.54) is 4.31 Å². The van der Waals surface area contributed by atoms with Gasteiger partial charge in [0.15, 0.2) is 0 Å². The Labute approximate surface area is 147 Å². The van der Waals surface area contributed by atoms with Gasteiger partial charge in [-0.25, -0.2) is 8.42 Å². The molecule has 0 saturated carbocycles. The van der Waals surface area contributed by atoms with E-state index >= 15 is 0 Å². The lowest BCUT2D eigenvalue weighted by molar-refractivity contribution is -0.0773. The molecule has 2 aromatic rings. The molecular weight excluding hydrogens is 340 g/mol. The van der Waals surface area contributed by atoms with Crippen LogP contribution in [0.4, 0.5) is 0 Å². The molecule has 4 rings (SSSR count). The smallest absolute Gasteiger partial charge is 0.245 e. The van der Waals surface area contributed by atoms with Gasteiger partial charge in [0.2, 0.25) is 10.0 Å². The zero-order chi connectivity index (χ0) is 17.5. The second kappa shape index (κ2) is 6.32. The Morgan fingerprint density at radius 2 is 2.12 bits per heavy atom. The maximum Gasteiger partial charge on any atom is 0.245 e. The van der Waals surface area contributed by atoms with Crippen molar-refractivity contribution in [3.63, 3.8) is 0 Å². The first-order valence-electron chi connectivity index (χ1n) is 8.51. The summed E-state index contributed by atoms with van der Waals surface area (Å²) in [6.45, 7) is 2.24. The van der Waals surface area contributed by atoms with Gasteiger partial charge in [0.25, 0.3) is 0 Å². The van der Waals surface area contributed by atoms with Crippen molar-refractivity contribution in [2.24, 2.45) is 5.92 Å². The molecule has 1 spiro atoms. The number of ether oxygens (including phenoxy) is 2. The largest absolute Gasteiger partial charge is 0.385 e. The summed E-state index contributed by atoms with van der Waals surface area (Å²) in [6, 6.07) is 8.95. The zero-order valence-electron chi connectivity index (χ0n) is 14.2. The molecule has 2 fully saturated rings. The molecular formula is C18H22N2O4S. The highest BCUT2D eigenvalue weighted by molar-refractivity contribution is 7.89. The summed E-state index contributed by atoms with van der Waals surface area (Å²) in [7, 11) is -1.86. The lowest BCUT2D eigenvalue weighted by atomic mass is 9.88. The molecule has 0 amide bonds. The Kier molecular flexibility index (Phi) is 4.27. The second-order valence-corrected chi connectivity index (χ2v) is 8.86. The van der Waals surface area contributed by atoms with Crippen LogP contribution in [-0.2, 0) is 19.5 Å². The molecule has 2 aliphatic heterocycles. The summed E-state index contributed by atoms with van der Waals surface area (Å²) in [6.07, 6.45) is 3.48. The minimum Gasteiger partial charge on any atom is -0.385 e. The molecule has 25 heavy (non-hydrogen) atoms. The van der Waals surface area contributed by atoms with Gasteiger partial charge in [-0.3, -0.25) is 4.98 Å². The van der Waals surface area contributed by atoms with E-state index < -0.39 is 10.0 Å². The van der Waals surface area contributed by atoms with Crippen molar-refractivity contribution in [1.29, 1.82) is 0 Å². The number of benzene rings is 1. The Morgan fingerprint density at radius 1 is 1.32 bits per heavy atom. The van der Waals surface area contributed by atoms with Crippen LogP contribution in [-0.4, -0.2) is 56.7 Å². The number of para-hydroxylation sites is 1. The Balaban J connectivity index is 1.52. The first kappa shape index (κ1) is 16.9. The van der Waals surface area contributed by atoms with Crippen molar-refractivity contribution >= 4 is 20.9 Å². The van der Waals surface area contributed by atoms with Crippen LogP contribution >= 0.6 is 0 Å². The second-order valence-electron chi connectivity index (χ2n) is 6.95. The Morgan fingerprint density at radius 3 is 2.92 bits per heavy atom. The van der Waals surface area contributed by atoms with Gasteiger partial charge in [-0.15, -0.1) is 0 Å². The molecule has 6 nitrogen and oxygen atoms in total. The van der Waals surface area contributed by atoms with Crippen LogP contribution in [0.25, 0.3) is 10.9 Å². The van der Waals surface area contributed by atoms with Gasteiger partial charge >= 0.3 is 0 Å². The van der Waals surface area contributed by atoms with Crippen LogP contribution in [0.2, 0.25) is 0 Å². The third kappa shape index (κ3) is 2.95. The number of sulfonamides is 1. The summed E-state index contributed by atoms with van der Waals surface area (Å²) in [5.74, 6) is 0.448. The molecule has 0 radical (unpaired) electrons. The van der Waals surface area contributed by atoms with Gasteiger partial charge in [-0.2, -0.15) is 4.31 Å². The molecule has 0 aliphatic carbocycles. The van der Waals surface area contributed by atoms with Gasteiger partial charge in [0.05, 0.1) is 17.7 Å². The molecule has 1 atom stereocenters. The highest BCUT2D eigenvalue weighted by Crippen LogP contribution is 2.41. The molecule has 3 heterocycles. The number of hydrogen-bond donors (Lipinski definition) is 0. The quantitative estimate of drug-likeness (QED) is 0.814. The number of hydrogen-bond acceptors (Lipinski definition) is 5. The average Bonchev–Trinajstić information content (AvgIpc) is 3.03. The van der Waals surface area contributed by atoms with Crippen LogP contribution in [0.1, 0.15) is 12.8 Å².